The molecule has 0 spiro atoms. The molecule has 0 unspecified atom stereocenters. The fourth-order valence-electron chi connectivity index (χ4n) is 3.31. The van der Waals surface area contributed by atoms with Crippen LogP contribution in [0.5, 0.6) is 0 Å². The molecular weight excluding hydrogens is 302 g/mol. The van der Waals surface area contributed by atoms with Gasteiger partial charge >= 0.3 is 0 Å². The first-order chi connectivity index (χ1) is 11.9. The smallest absolute Gasteiger partial charge is 0.168 e. The summed E-state index contributed by atoms with van der Waals surface area (Å²) in [4.78, 5) is 11.3. The van der Waals surface area contributed by atoms with Crippen molar-refractivity contribution < 1.29 is 4.74 Å². The Hall–Kier alpha value is -2.47. The number of aromatic nitrogens is 4. The number of hydrogen-bond acceptors (Lipinski definition) is 5. The number of ether oxygens (including phenoxy) is 1. The molecule has 6 nitrogen and oxygen atoms in total. The van der Waals surface area contributed by atoms with Gasteiger partial charge in [0.1, 0.15) is 12.1 Å². The summed E-state index contributed by atoms with van der Waals surface area (Å²) in [5, 5.41) is 5.52. The second-order valence-electron chi connectivity index (χ2n) is 5.97. The minimum Gasteiger partial charge on any atom is -0.378 e. The SMILES string of the molecule is CCOC1CCN(c2ncnc3c2cnn3-c2ccccc2)CC1. The van der Waals surface area contributed by atoms with Crippen molar-refractivity contribution >= 4 is 16.9 Å². The van der Waals surface area contributed by atoms with Gasteiger partial charge in [0, 0.05) is 19.7 Å². The van der Waals surface area contributed by atoms with Crippen LogP contribution in [0.15, 0.2) is 42.9 Å². The van der Waals surface area contributed by atoms with E-state index in [1.165, 1.54) is 0 Å². The Labute approximate surface area is 141 Å². The van der Waals surface area contributed by atoms with Crippen LogP contribution < -0.4 is 4.90 Å². The Bertz CT molecular complexity index is 809. The maximum atomic E-state index is 5.74. The molecule has 2 aromatic heterocycles. The van der Waals surface area contributed by atoms with Gasteiger partial charge < -0.3 is 9.64 Å². The van der Waals surface area contributed by atoms with E-state index in [2.05, 4.69) is 26.9 Å². The summed E-state index contributed by atoms with van der Waals surface area (Å²) in [6.45, 7) is 4.74. The molecule has 1 aliphatic rings. The first-order valence-corrected chi connectivity index (χ1v) is 8.47. The summed E-state index contributed by atoms with van der Waals surface area (Å²) < 4.78 is 7.61. The Morgan fingerprint density at radius 3 is 2.67 bits per heavy atom. The zero-order valence-electron chi connectivity index (χ0n) is 13.8. The van der Waals surface area contributed by atoms with Gasteiger partial charge in [0.2, 0.25) is 0 Å². The summed E-state index contributed by atoms with van der Waals surface area (Å²) in [5.74, 6) is 0.970. The first-order valence-electron chi connectivity index (χ1n) is 8.47. The third kappa shape index (κ3) is 2.73. The van der Waals surface area contributed by atoms with E-state index < -0.39 is 0 Å². The summed E-state index contributed by atoms with van der Waals surface area (Å²) in [6.07, 6.45) is 5.94. The predicted molar refractivity (Wildman–Crippen MR) is 93.5 cm³/mol. The van der Waals surface area contributed by atoms with Crippen molar-refractivity contribution in [2.24, 2.45) is 0 Å². The topological polar surface area (TPSA) is 56.1 Å². The van der Waals surface area contributed by atoms with E-state index in [1.54, 1.807) is 6.33 Å². The normalized spacial score (nSPS) is 16.0. The summed E-state index contributed by atoms with van der Waals surface area (Å²) in [5.41, 5.74) is 1.85. The zero-order valence-corrected chi connectivity index (χ0v) is 13.8. The van der Waals surface area contributed by atoms with Crippen LogP contribution in [0.1, 0.15) is 19.8 Å². The molecule has 0 atom stereocenters. The molecule has 124 valence electrons. The van der Waals surface area contributed by atoms with E-state index in [1.807, 2.05) is 41.2 Å². The van der Waals surface area contributed by atoms with E-state index >= 15 is 0 Å². The molecule has 0 radical (unpaired) electrons. The standard InChI is InChI=1S/C18H21N5O/c1-2-24-15-8-10-22(11-9-15)17-16-12-21-23(18(16)20-13-19-17)14-6-4-3-5-7-14/h3-7,12-13,15H,2,8-11H2,1H3. The van der Waals surface area contributed by atoms with E-state index in [9.17, 15) is 0 Å². The Kier molecular flexibility index (Phi) is 4.13. The highest BCUT2D eigenvalue weighted by molar-refractivity contribution is 5.87. The maximum absolute atomic E-state index is 5.74. The van der Waals surface area contributed by atoms with E-state index in [4.69, 9.17) is 4.74 Å². The van der Waals surface area contributed by atoms with Gasteiger partial charge in [0.25, 0.3) is 0 Å². The third-order valence-corrected chi connectivity index (χ3v) is 4.49. The minimum absolute atomic E-state index is 0.371. The molecule has 0 amide bonds. The van der Waals surface area contributed by atoms with Gasteiger partial charge in [-0.1, -0.05) is 18.2 Å². The molecular formula is C18H21N5O. The fourth-order valence-corrected chi connectivity index (χ4v) is 3.31. The van der Waals surface area contributed by atoms with Gasteiger partial charge in [-0.15, -0.1) is 0 Å². The van der Waals surface area contributed by atoms with Crippen LogP contribution in [0, 0.1) is 0 Å². The number of fused-ring (bicyclic) bond motifs is 1. The van der Waals surface area contributed by atoms with Crippen LogP contribution in [-0.2, 0) is 4.74 Å². The summed E-state index contributed by atoms with van der Waals surface area (Å²) >= 11 is 0. The molecule has 0 aliphatic carbocycles. The Morgan fingerprint density at radius 1 is 1.12 bits per heavy atom. The maximum Gasteiger partial charge on any atom is 0.168 e. The van der Waals surface area contributed by atoms with Crippen molar-refractivity contribution in [1.82, 2.24) is 19.7 Å². The fraction of sp³-hybridized carbons (Fsp3) is 0.389. The molecule has 0 bridgehead atoms. The average Bonchev–Trinajstić information content (AvgIpc) is 3.08. The van der Waals surface area contributed by atoms with Crippen molar-refractivity contribution in [3.05, 3.63) is 42.9 Å². The van der Waals surface area contributed by atoms with Gasteiger partial charge in [-0.05, 0) is 31.9 Å². The van der Waals surface area contributed by atoms with Crippen LogP contribution in [0.3, 0.4) is 0 Å². The molecule has 1 aromatic carbocycles. The molecule has 1 aliphatic heterocycles. The second kappa shape index (κ2) is 6.57. The number of rotatable bonds is 4. The molecule has 1 fully saturated rings. The van der Waals surface area contributed by atoms with E-state index in [0.717, 1.165) is 55.1 Å². The van der Waals surface area contributed by atoms with Crippen LogP contribution >= 0.6 is 0 Å². The number of piperidine rings is 1. The average molecular weight is 323 g/mol. The van der Waals surface area contributed by atoms with Crippen molar-refractivity contribution in [2.75, 3.05) is 24.6 Å². The lowest BCUT2D eigenvalue weighted by molar-refractivity contribution is 0.0459. The van der Waals surface area contributed by atoms with Crippen LogP contribution in [0.25, 0.3) is 16.7 Å². The number of benzene rings is 1. The van der Waals surface area contributed by atoms with Crippen LogP contribution in [0.4, 0.5) is 5.82 Å². The summed E-state index contributed by atoms with van der Waals surface area (Å²) in [7, 11) is 0. The highest BCUT2D eigenvalue weighted by Gasteiger charge is 2.23. The lowest BCUT2D eigenvalue weighted by Gasteiger charge is -2.32. The molecule has 6 heteroatoms. The molecule has 3 heterocycles. The Morgan fingerprint density at radius 2 is 1.92 bits per heavy atom. The molecule has 24 heavy (non-hydrogen) atoms. The van der Waals surface area contributed by atoms with Crippen LogP contribution in [0.2, 0.25) is 0 Å². The Balaban J connectivity index is 1.65. The monoisotopic (exact) mass is 323 g/mol. The number of hydrogen-bond donors (Lipinski definition) is 0. The molecule has 0 saturated carbocycles. The van der Waals surface area contributed by atoms with Crippen LogP contribution in [-0.4, -0.2) is 45.5 Å². The minimum atomic E-state index is 0.371. The molecule has 3 aromatic rings. The van der Waals surface area contributed by atoms with Crippen molar-refractivity contribution in [3.8, 4) is 5.69 Å². The van der Waals surface area contributed by atoms with Crippen molar-refractivity contribution in [2.45, 2.75) is 25.9 Å². The predicted octanol–water partition coefficient (Wildman–Crippen LogP) is 2.82. The second-order valence-corrected chi connectivity index (χ2v) is 5.97. The van der Waals surface area contributed by atoms with Gasteiger partial charge in [-0.3, -0.25) is 0 Å². The molecule has 0 N–H and O–H groups in total. The van der Waals surface area contributed by atoms with E-state index in [0.29, 0.717) is 6.10 Å². The van der Waals surface area contributed by atoms with Gasteiger partial charge in [-0.2, -0.15) is 5.10 Å². The molecule has 4 rings (SSSR count). The van der Waals surface area contributed by atoms with E-state index in [-0.39, 0.29) is 0 Å². The highest BCUT2D eigenvalue weighted by Crippen LogP contribution is 2.27. The van der Waals surface area contributed by atoms with Crippen molar-refractivity contribution in [1.29, 1.82) is 0 Å². The van der Waals surface area contributed by atoms with Gasteiger partial charge in [0.05, 0.1) is 23.4 Å². The quantitative estimate of drug-likeness (QED) is 0.739. The number of anilines is 1. The lowest BCUT2D eigenvalue weighted by Crippen LogP contribution is -2.37. The van der Waals surface area contributed by atoms with Crippen molar-refractivity contribution in [3.63, 3.8) is 0 Å². The number of nitrogens with zero attached hydrogens (tertiary/aromatic N) is 5. The highest BCUT2D eigenvalue weighted by atomic mass is 16.5. The third-order valence-electron chi connectivity index (χ3n) is 4.49. The van der Waals surface area contributed by atoms with Gasteiger partial charge in [0.15, 0.2) is 5.65 Å². The largest absolute Gasteiger partial charge is 0.378 e. The zero-order chi connectivity index (χ0) is 16.4. The lowest BCUT2D eigenvalue weighted by atomic mass is 10.1. The number of para-hydroxylation sites is 1. The summed E-state index contributed by atoms with van der Waals surface area (Å²) in [6, 6.07) is 10.1. The first kappa shape index (κ1) is 15.1. The van der Waals surface area contributed by atoms with Gasteiger partial charge in [-0.25, -0.2) is 14.6 Å². The molecule has 1 saturated heterocycles.